The zero-order valence-corrected chi connectivity index (χ0v) is 16.3. The van der Waals surface area contributed by atoms with Gasteiger partial charge in [0.15, 0.2) is 17.5 Å². The maximum atomic E-state index is 13.5. The van der Waals surface area contributed by atoms with Crippen LogP contribution in [0, 0.1) is 17.6 Å². The second-order valence-corrected chi connectivity index (χ2v) is 6.38. The molecule has 0 heterocycles. The number of aliphatic imine (C=N–C) groups is 1. The van der Waals surface area contributed by atoms with Crippen LogP contribution in [-0.4, -0.2) is 50.9 Å². The van der Waals surface area contributed by atoms with E-state index in [9.17, 15) is 13.6 Å². The number of amides is 1. The maximum Gasteiger partial charge on any atom is 0.407 e. The lowest BCUT2D eigenvalue weighted by molar-refractivity contribution is 0.147. The van der Waals surface area contributed by atoms with Crippen LogP contribution in [0.4, 0.5) is 13.6 Å². The van der Waals surface area contributed by atoms with E-state index in [0.29, 0.717) is 38.1 Å². The summed E-state index contributed by atoms with van der Waals surface area (Å²) in [7, 11) is 0. The fourth-order valence-electron chi connectivity index (χ4n) is 2.59. The molecule has 28 heavy (non-hydrogen) atoms. The number of rotatable bonds is 10. The molecule has 1 aliphatic rings. The topological polar surface area (TPSA) is 84.0 Å². The molecule has 0 aromatic heterocycles. The highest BCUT2D eigenvalue weighted by Crippen LogP contribution is 2.32. The van der Waals surface area contributed by atoms with Crippen molar-refractivity contribution >= 4 is 12.1 Å². The third-order valence-electron chi connectivity index (χ3n) is 4.11. The Kier molecular flexibility index (Phi) is 8.77. The van der Waals surface area contributed by atoms with E-state index in [1.165, 1.54) is 6.07 Å². The molecule has 1 atom stereocenters. The van der Waals surface area contributed by atoms with Crippen molar-refractivity contribution in [3.8, 4) is 5.75 Å². The Hall–Kier alpha value is -2.58. The summed E-state index contributed by atoms with van der Waals surface area (Å²) in [5.41, 5.74) is 0. The highest BCUT2D eigenvalue weighted by molar-refractivity contribution is 5.79. The highest BCUT2D eigenvalue weighted by atomic mass is 19.1. The standard InChI is InChI=1S/C19H28F2N4O3/c1-3-22-18(23-9-10-28-17-8-7-14(20)11-15(17)21)24-12-16(13-5-6-13)25-19(26)27-4-2/h7-8,11,13,16H,3-6,9-10,12H2,1-2H3,(H,25,26)(H2,22,23,24). The Bertz CT molecular complexity index is 669. The Morgan fingerprint density at radius 2 is 2.07 bits per heavy atom. The van der Waals surface area contributed by atoms with Crippen LogP contribution in [-0.2, 0) is 4.74 Å². The Morgan fingerprint density at radius 1 is 1.29 bits per heavy atom. The molecule has 0 spiro atoms. The van der Waals surface area contributed by atoms with Gasteiger partial charge in [0.25, 0.3) is 0 Å². The van der Waals surface area contributed by atoms with Crippen molar-refractivity contribution in [2.24, 2.45) is 10.9 Å². The van der Waals surface area contributed by atoms with Gasteiger partial charge >= 0.3 is 6.09 Å². The van der Waals surface area contributed by atoms with E-state index in [2.05, 4.69) is 20.9 Å². The summed E-state index contributed by atoms with van der Waals surface area (Å²) in [5, 5.41) is 9.05. The van der Waals surface area contributed by atoms with Crippen LogP contribution in [0.15, 0.2) is 23.2 Å². The lowest BCUT2D eigenvalue weighted by atomic mass is 10.2. The summed E-state index contributed by atoms with van der Waals surface area (Å²) in [5.74, 6) is -0.399. The van der Waals surface area contributed by atoms with Crippen LogP contribution < -0.4 is 20.7 Å². The van der Waals surface area contributed by atoms with E-state index in [1.54, 1.807) is 6.92 Å². The average molecular weight is 398 g/mol. The molecular formula is C19H28F2N4O3. The molecule has 1 aromatic carbocycles. The quantitative estimate of drug-likeness (QED) is 0.320. The number of nitrogens with one attached hydrogen (secondary N) is 3. The second-order valence-electron chi connectivity index (χ2n) is 6.38. The molecule has 1 aromatic rings. The summed E-state index contributed by atoms with van der Waals surface area (Å²) in [6, 6.07) is 3.11. The molecule has 1 saturated carbocycles. The molecular weight excluding hydrogens is 370 g/mol. The van der Waals surface area contributed by atoms with Gasteiger partial charge in [-0.25, -0.2) is 13.6 Å². The average Bonchev–Trinajstić information content (AvgIpc) is 3.48. The fourth-order valence-corrected chi connectivity index (χ4v) is 2.59. The van der Waals surface area contributed by atoms with E-state index in [1.807, 2.05) is 6.92 Å². The van der Waals surface area contributed by atoms with Gasteiger partial charge in [0.1, 0.15) is 12.4 Å². The predicted molar refractivity (Wildman–Crippen MR) is 103 cm³/mol. The first-order valence-corrected chi connectivity index (χ1v) is 9.56. The van der Waals surface area contributed by atoms with Crippen LogP contribution in [0.25, 0.3) is 0 Å². The minimum absolute atomic E-state index is 0.00225. The number of carbonyl (C=O) groups excluding carboxylic acids is 1. The minimum Gasteiger partial charge on any atom is -0.489 e. The molecule has 0 saturated heterocycles. The molecule has 156 valence electrons. The minimum atomic E-state index is -0.738. The van der Waals surface area contributed by atoms with Gasteiger partial charge in [0.05, 0.1) is 25.7 Å². The van der Waals surface area contributed by atoms with E-state index in [-0.39, 0.29) is 18.4 Å². The van der Waals surface area contributed by atoms with Crippen molar-refractivity contribution in [3.05, 3.63) is 29.8 Å². The number of hydrogen-bond acceptors (Lipinski definition) is 4. The molecule has 1 fully saturated rings. The van der Waals surface area contributed by atoms with Crippen molar-refractivity contribution in [2.45, 2.75) is 32.7 Å². The normalized spacial score (nSPS) is 14.9. The molecule has 1 unspecified atom stereocenters. The number of ether oxygens (including phenoxy) is 2. The predicted octanol–water partition coefficient (Wildman–Crippen LogP) is 2.42. The highest BCUT2D eigenvalue weighted by Gasteiger charge is 2.32. The van der Waals surface area contributed by atoms with Crippen LogP contribution >= 0.6 is 0 Å². The SMILES string of the molecule is CCNC(=NCC(NC(=O)OCC)C1CC1)NCCOc1ccc(F)cc1F. The van der Waals surface area contributed by atoms with Crippen LogP contribution in [0.2, 0.25) is 0 Å². The van der Waals surface area contributed by atoms with Crippen LogP contribution in [0.5, 0.6) is 5.75 Å². The van der Waals surface area contributed by atoms with Crippen molar-refractivity contribution in [1.82, 2.24) is 16.0 Å². The Labute approximate surface area is 163 Å². The van der Waals surface area contributed by atoms with Gasteiger partial charge in [-0.15, -0.1) is 0 Å². The molecule has 0 aliphatic heterocycles. The van der Waals surface area contributed by atoms with E-state index in [0.717, 1.165) is 25.0 Å². The van der Waals surface area contributed by atoms with Gasteiger partial charge in [-0.05, 0) is 44.7 Å². The number of benzene rings is 1. The number of guanidine groups is 1. The molecule has 2 rings (SSSR count). The number of hydrogen-bond donors (Lipinski definition) is 3. The van der Waals surface area contributed by atoms with Crippen molar-refractivity contribution in [1.29, 1.82) is 0 Å². The molecule has 3 N–H and O–H groups in total. The van der Waals surface area contributed by atoms with Crippen LogP contribution in [0.3, 0.4) is 0 Å². The van der Waals surface area contributed by atoms with Gasteiger partial charge in [0, 0.05) is 12.6 Å². The fraction of sp³-hybridized carbons (Fsp3) is 0.579. The lowest BCUT2D eigenvalue weighted by Crippen LogP contribution is -2.42. The first-order valence-electron chi connectivity index (χ1n) is 9.56. The number of alkyl carbamates (subject to hydrolysis) is 1. The molecule has 0 radical (unpaired) electrons. The van der Waals surface area contributed by atoms with Gasteiger partial charge in [-0.3, -0.25) is 4.99 Å². The first-order chi connectivity index (χ1) is 13.5. The number of carbonyl (C=O) groups is 1. The van der Waals surface area contributed by atoms with Gasteiger partial charge < -0.3 is 25.4 Å². The molecule has 1 aliphatic carbocycles. The van der Waals surface area contributed by atoms with Crippen molar-refractivity contribution < 1.29 is 23.0 Å². The summed E-state index contributed by atoms with van der Waals surface area (Å²) in [6.07, 6.45) is 1.70. The number of halogens is 2. The van der Waals surface area contributed by atoms with E-state index < -0.39 is 17.7 Å². The third-order valence-corrected chi connectivity index (χ3v) is 4.11. The zero-order chi connectivity index (χ0) is 20.4. The van der Waals surface area contributed by atoms with Crippen LogP contribution in [0.1, 0.15) is 26.7 Å². The Morgan fingerprint density at radius 3 is 2.71 bits per heavy atom. The monoisotopic (exact) mass is 398 g/mol. The van der Waals surface area contributed by atoms with Gasteiger partial charge in [-0.1, -0.05) is 0 Å². The second kappa shape index (κ2) is 11.3. The van der Waals surface area contributed by atoms with E-state index in [4.69, 9.17) is 9.47 Å². The summed E-state index contributed by atoms with van der Waals surface area (Å²) in [6.45, 7) is 5.67. The molecule has 1 amide bonds. The number of nitrogens with zero attached hydrogens (tertiary/aromatic N) is 1. The zero-order valence-electron chi connectivity index (χ0n) is 16.3. The van der Waals surface area contributed by atoms with Crippen molar-refractivity contribution in [2.75, 3.05) is 32.8 Å². The maximum absolute atomic E-state index is 13.5. The first kappa shape index (κ1) is 21.7. The Balaban J connectivity index is 1.81. The molecule has 9 heteroatoms. The summed E-state index contributed by atoms with van der Waals surface area (Å²) < 4.78 is 36.7. The largest absolute Gasteiger partial charge is 0.489 e. The summed E-state index contributed by atoms with van der Waals surface area (Å²) >= 11 is 0. The van der Waals surface area contributed by atoms with Crippen molar-refractivity contribution in [3.63, 3.8) is 0 Å². The lowest BCUT2D eigenvalue weighted by Gasteiger charge is -2.17. The van der Waals surface area contributed by atoms with Gasteiger partial charge in [-0.2, -0.15) is 0 Å². The smallest absolute Gasteiger partial charge is 0.407 e. The molecule has 7 nitrogen and oxygen atoms in total. The molecule has 0 bridgehead atoms. The third kappa shape index (κ3) is 7.58. The summed E-state index contributed by atoms with van der Waals surface area (Å²) in [4.78, 5) is 16.2. The van der Waals surface area contributed by atoms with E-state index >= 15 is 0 Å². The van der Waals surface area contributed by atoms with Gasteiger partial charge in [0.2, 0.25) is 0 Å².